The third-order valence-electron chi connectivity index (χ3n) is 4.47. The molecule has 1 aromatic carbocycles. The van der Waals surface area contributed by atoms with Gasteiger partial charge < -0.3 is 0 Å². The average molecular weight is 398 g/mol. The summed E-state index contributed by atoms with van der Waals surface area (Å²) in [6, 6.07) is 9.13. The summed E-state index contributed by atoms with van der Waals surface area (Å²) in [5.41, 5.74) is 1.02. The average Bonchev–Trinajstić information content (AvgIpc) is 3.04. The Balaban J connectivity index is 1.82. The molecule has 1 fully saturated rings. The smallest absolute Gasteiger partial charge is 0.246 e. The van der Waals surface area contributed by atoms with Gasteiger partial charge in [-0.05, 0) is 18.4 Å². The topological polar surface area (TPSA) is 89.3 Å². The molecule has 0 spiro atoms. The monoisotopic (exact) mass is 397 g/mol. The van der Waals surface area contributed by atoms with Crippen LogP contribution in [0.1, 0.15) is 24.8 Å². The lowest BCUT2D eigenvalue weighted by Crippen LogP contribution is -2.46. The Bertz CT molecular complexity index is 953. The second kappa shape index (κ2) is 7.50. The number of benzene rings is 1. The second-order valence-corrected chi connectivity index (χ2v) is 10.8. The van der Waals surface area contributed by atoms with Crippen molar-refractivity contribution in [3.63, 3.8) is 0 Å². The molecule has 0 N–H and O–H groups in total. The predicted octanol–water partition coefficient (Wildman–Crippen LogP) is 1.52. The van der Waals surface area contributed by atoms with Crippen molar-refractivity contribution in [2.75, 3.05) is 18.6 Å². The summed E-state index contributed by atoms with van der Waals surface area (Å²) >= 11 is 0. The van der Waals surface area contributed by atoms with Crippen LogP contribution < -0.4 is 0 Å². The summed E-state index contributed by atoms with van der Waals surface area (Å²) in [7, 11) is -7.03. The van der Waals surface area contributed by atoms with Crippen LogP contribution in [0.5, 0.6) is 0 Å². The van der Waals surface area contributed by atoms with Gasteiger partial charge in [-0.3, -0.25) is 4.68 Å². The molecule has 2 aromatic rings. The molecule has 9 heteroatoms. The third kappa shape index (κ3) is 4.52. The zero-order valence-corrected chi connectivity index (χ0v) is 16.3. The first-order chi connectivity index (χ1) is 12.3. The Morgan fingerprint density at radius 2 is 1.85 bits per heavy atom. The van der Waals surface area contributed by atoms with Crippen LogP contribution in [0.3, 0.4) is 0 Å². The van der Waals surface area contributed by atoms with E-state index in [9.17, 15) is 16.8 Å². The van der Waals surface area contributed by atoms with Crippen LogP contribution in [0.15, 0.2) is 47.6 Å². The van der Waals surface area contributed by atoms with Gasteiger partial charge in [0.2, 0.25) is 10.0 Å². The van der Waals surface area contributed by atoms with E-state index in [1.54, 1.807) is 4.68 Å². The molecule has 1 unspecified atom stereocenters. The van der Waals surface area contributed by atoms with Gasteiger partial charge in [-0.15, -0.1) is 0 Å². The number of hydrogen-bond acceptors (Lipinski definition) is 5. The molecule has 3 rings (SSSR count). The van der Waals surface area contributed by atoms with E-state index in [2.05, 4.69) is 5.10 Å². The normalized spacial score (nSPS) is 19.5. The van der Waals surface area contributed by atoms with Gasteiger partial charge in [-0.2, -0.15) is 9.40 Å². The van der Waals surface area contributed by atoms with Crippen LogP contribution in [-0.2, 0) is 26.4 Å². The van der Waals surface area contributed by atoms with Crippen LogP contribution >= 0.6 is 0 Å². The fourth-order valence-electron chi connectivity index (χ4n) is 3.28. The van der Waals surface area contributed by atoms with Gasteiger partial charge >= 0.3 is 0 Å². The first-order valence-electron chi connectivity index (χ1n) is 8.52. The Morgan fingerprint density at radius 1 is 1.12 bits per heavy atom. The quantitative estimate of drug-likeness (QED) is 0.737. The second-order valence-electron chi connectivity index (χ2n) is 6.72. The fourth-order valence-corrected chi connectivity index (χ4v) is 6.06. The number of rotatable bonds is 6. The van der Waals surface area contributed by atoms with Crippen LogP contribution in [0.2, 0.25) is 0 Å². The Kier molecular flexibility index (Phi) is 5.50. The van der Waals surface area contributed by atoms with Gasteiger partial charge in [0.15, 0.2) is 0 Å². The van der Waals surface area contributed by atoms with Gasteiger partial charge in [0.1, 0.15) is 14.7 Å². The summed E-state index contributed by atoms with van der Waals surface area (Å²) in [4.78, 5) is 0.105. The number of sulfone groups is 1. The molecular weight excluding hydrogens is 374 g/mol. The highest BCUT2D eigenvalue weighted by molar-refractivity contribution is 7.91. The molecule has 0 aliphatic carbocycles. The molecule has 7 nitrogen and oxygen atoms in total. The van der Waals surface area contributed by atoms with Crippen LogP contribution in [0.25, 0.3) is 0 Å². The molecule has 0 bridgehead atoms. The van der Waals surface area contributed by atoms with Crippen molar-refractivity contribution >= 4 is 19.9 Å². The maximum Gasteiger partial charge on any atom is 0.246 e. The van der Waals surface area contributed by atoms with Crippen molar-refractivity contribution in [2.45, 2.75) is 36.7 Å². The molecule has 1 saturated heterocycles. The highest BCUT2D eigenvalue weighted by Crippen LogP contribution is 2.26. The van der Waals surface area contributed by atoms with E-state index in [0.717, 1.165) is 24.7 Å². The summed E-state index contributed by atoms with van der Waals surface area (Å²) in [6.45, 7) is 0.815. The van der Waals surface area contributed by atoms with Gasteiger partial charge in [-0.25, -0.2) is 16.8 Å². The van der Waals surface area contributed by atoms with Gasteiger partial charge in [0.05, 0.1) is 18.5 Å². The van der Waals surface area contributed by atoms with Crippen LogP contribution in [0.4, 0.5) is 0 Å². The van der Waals surface area contributed by atoms with Crippen molar-refractivity contribution in [3.8, 4) is 0 Å². The number of sulfonamides is 1. The van der Waals surface area contributed by atoms with Crippen molar-refractivity contribution in [1.29, 1.82) is 0 Å². The molecule has 2 heterocycles. The molecule has 142 valence electrons. The predicted molar refractivity (Wildman–Crippen MR) is 99.0 cm³/mol. The molecular formula is C17H23N3O4S2. The van der Waals surface area contributed by atoms with E-state index >= 15 is 0 Å². The minimum Gasteiger partial charge on any atom is -0.267 e. The van der Waals surface area contributed by atoms with Crippen molar-refractivity contribution in [2.24, 2.45) is 0 Å². The lowest BCUT2D eigenvalue weighted by molar-refractivity contribution is 0.270. The first kappa shape index (κ1) is 19.1. The Labute approximate surface area is 154 Å². The van der Waals surface area contributed by atoms with Crippen LogP contribution in [-0.4, -0.2) is 55.5 Å². The molecule has 0 radical (unpaired) electrons. The number of piperidine rings is 1. The maximum atomic E-state index is 13.0. The van der Waals surface area contributed by atoms with E-state index in [1.807, 2.05) is 30.3 Å². The zero-order valence-electron chi connectivity index (χ0n) is 14.7. The standard InChI is InChI=1S/C17H23N3O4S2/c1-25(21,22)14-16-9-5-6-10-20(16)26(23,24)17-11-18-19(13-17)12-15-7-3-2-4-8-15/h2-4,7-8,11,13,16H,5-6,9-10,12,14H2,1H3. The summed E-state index contributed by atoms with van der Waals surface area (Å²) < 4.78 is 52.3. The van der Waals surface area contributed by atoms with Gasteiger partial charge in [0, 0.05) is 25.0 Å². The summed E-state index contributed by atoms with van der Waals surface area (Å²) in [6.07, 6.45) is 6.12. The molecule has 0 saturated carbocycles. The highest BCUT2D eigenvalue weighted by atomic mass is 32.2. The van der Waals surface area contributed by atoms with E-state index in [4.69, 9.17) is 0 Å². The number of aromatic nitrogens is 2. The Hall–Kier alpha value is -1.71. The van der Waals surface area contributed by atoms with Gasteiger partial charge in [-0.1, -0.05) is 36.8 Å². The van der Waals surface area contributed by atoms with Crippen molar-refractivity contribution < 1.29 is 16.8 Å². The zero-order chi connectivity index (χ0) is 18.8. The molecule has 1 aliphatic heterocycles. The van der Waals surface area contributed by atoms with E-state index < -0.39 is 25.9 Å². The van der Waals surface area contributed by atoms with E-state index in [0.29, 0.717) is 19.5 Å². The van der Waals surface area contributed by atoms with Crippen molar-refractivity contribution in [1.82, 2.24) is 14.1 Å². The molecule has 0 amide bonds. The van der Waals surface area contributed by atoms with Crippen molar-refractivity contribution in [3.05, 3.63) is 48.3 Å². The third-order valence-corrected chi connectivity index (χ3v) is 7.37. The lowest BCUT2D eigenvalue weighted by Gasteiger charge is -2.33. The molecule has 1 aliphatic rings. The first-order valence-corrected chi connectivity index (χ1v) is 12.0. The Morgan fingerprint density at radius 3 is 2.54 bits per heavy atom. The molecule has 1 aromatic heterocycles. The summed E-state index contributed by atoms with van der Waals surface area (Å²) in [5.74, 6) is -0.148. The number of hydrogen-bond donors (Lipinski definition) is 0. The highest BCUT2D eigenvalue weighted by Gasteiger charge is 2.35. The fraction of sp³-hybridized carbons (Fsp3) is 0.471. The minimum atomic E-state index is -3.77. The maximum absolute atomic E-state index is 13.0. The largest absolute Gasteiger partial charge is 0.267 e. The number of nitrogens with zero attached hydrogens (tertiary/aromatic N) is 3. The summed E-state index contributed by atoms with van der Waals surface area (Å²) in [5, 5.41) is 4.16. The van der Waals surface area contributed by atoms with Crippen LogP contribution in [0, 0.1) is 0 Å². The minimum absolute atomic E-state index is 0.105. The molecule has 1 atom stereocenters. The van der Waals surface area contributed by atoms with E-state index in [-0.39, 0.29) is 10.6 Å². The molecule has 26 heavy (non-hydrogen) atoms. The van der Waals surface area contributed by atoms with E-state index in [1.165, 1.54) is 16.7 Å². The van der Waals surface area contributed by atoms with Gasteiger partial charge in [0.25, 0.3) is 0 Å². The SMILES string of the molecule is CS(=O)(=O)CC1CCCCN1S(=O)(=O)c1cnn(Cc2ccccc2)c1. The lowest BCUT2D eigenvalue weighted by atomic mass is 10.1.